The third kappa shape index (κ3) is 3.42. The van der Waals surface area contributed by atoms with Crippen LogP contribution in [0.4, 0.5) is 5.69 Å². The number of nitrogens with one attached hydrogen (secondary N) is 1. The highest BCUT2D eigenvalue weighted by atomic mass is 79.9. The molecule has 20 heavy (non-hydrogen) atoms. The van der Waals surface area contributed by atoms with Crippen molar-refractivity contribution in [3.05, 3.63) is 46.6 Å². The molecule has 1 atom stereocenters. The molecule has 0 fully saturated rings. The molecule has 0 amide bonds. The quantitative estimate of drug-likeness (QED) is 0.894. The van der Waals surface area contributed by atoms with E-state index in [0.29, 0.717) is 5.88 Å². The summed E-state index contributed by atoms with van der Waals surface area (Å²) in [5.41, 5.74) is 2.11. The molecular weight excluding hydrogens is 320 g/mol. The number of ether oxygens (including phenoxy) is 2. The number of pyridine rings is 1. The van der Waals surface area contributed by atoms with Crippen LogP contribution in [0.5, 0.6) is 11.6 Å². The monoisotopic (exact) mass is 336 g/mol. The molecular formula is C15H17BrN2O2. The SMILES string of the molecule is COc1ccc(NC(C)c2ccc(OC)c(Br)c2)cn1. The van der Waals surface area contributed by atoms with Gasteiger partial charge in [0.1, 0.15) is 5.75 Å². The number of halogens is 1. The predicted octanol–water partition coefficient (Wildman–Crippen LogP) is 4.03. The molecule has 1 aromatic heterocycles. The van der Waals surface area contributed by atoms with Crippen LogP contribution in [-0.2, 0) is 0 Å². The number of benzene rings is 1. The highest BCUT2D eigenvalue weighted by molar-refractivity contribution is 9.10. The van der Waals surface area contributed by atoms with Crippen LogP contribution in [0, 0.1) is 0 Å². The van der Waals surface area contributed by atoms with Gasteiger partial charge in [0.25, 0.3) is 0 Å². The smallest absolute Gasteiger partial charge is 0.213 e. The summed E-state index contributed by atoms with van der Waals surface area (Å²) in [6, 6.07) is 9.97. The Morgan fingerprint density at radius 1 is 1.15 bits per heavy atom. The first kappa shape index (κ1) is 14.7. The van der Waals surface area contributed by atoms with Crippen LogP contribution < -0.4 is 14.8 Å². The lowest BCUT2D eigenvalue weighted by molar-refractivity contribution is 0.398. The highest BCUT2D eigenvalue weighted by Gasteiger charge is 2.08. The molecule has 1 unspecified atom stereocenters. The van der Waals surface area contributed by atoms with Gasteiger partial charge in [-0.05, 0) is 46.6 Å². The van der Waals surface area contributed by atoms with E-state index in [2.05, 4.69) is 33.2 Å². The van der Waals surface area contributed by atoms with Crippen molar-refractivity contribution >= 4 is 21.6 Å². The molecule has 5 heteroatoms. The van der Waals surface area contributed by atoms with Crippen molar-refractivity contribution in [2.45, 2.75) is 13.0 Å². The lowest BCUT2D eigenvalue weighted by Gasteiger charge is -2.16. The number of aromatic nitrogens is 1. The van der Waals surface area contributed by atoms with Crippen molar-refractivity contribution in [1.29, 1.82) is 0 Å². The first-order valence-corrected chi connectivity index (χ1v) is 7.03. The fraction of sp³-hybridized carbons (Fsp3) is 0.267. The highest BCUT2D eigenvalue weighted by Crippen LogP contribution is 2.29. The van der Waals surface area contributed by atoms with Crippen LogP contribution in [0.2, 0.25) is 0 Å². The van der Waals surface area contributed by atoms with Crippen LogP contribution in [0.1, 0.15) is 18.5 Å². The second kappa shape index (κ2) is 6.61. The first-order chi connectivity index (χ1) is 9.63. The molecule has 0 saturated carbocycles. The normalized spacial score (nSPS) is 11.8. The van der Waals surface area contributed by atoms with Gasteiger partial charge in [-0.15, -0.1) is 0 Å². The zero-order valence-electron chi connectivity index (χ0n) is 11.7. The summed E-state index contributed by atoms with van der Waals surface area (Å²) < 4.78 is 11.2. The Labute approximate surface area is 127 Å². The predicted molar refractivity (Wildman–Crippen MR) is 83.5 cm³/mol. The average Bonchev–Trinajstić information content (AvgIpc) is 2.48. The molecule has 0 aliphatic heterocycles. The van der Waals surface area contributed by atoms with E-state index >= 15 is 0 Å². The number of rotatable bonds is 5. The Hall–Kier alpha value is -1.75. The largest absolute Gasteiger partial charge is 0.496 e. The van der Waals surface area contributed by atoms with E-state index in [9.17, 15) is 0 Å². The summed E-state index contributed by atoms with van der Waals surface area (Å²) in [5.74, 6) is 1.43. The van der Waals surface area contributed by atoms with Crippen molar-refractivity contribution in [2.75, 3.05) is 19.5 Å². The van der Waals surface area contributed by atoms with Gasteiger partial charge in [-0.2, -0.15) is 0 Å². The van der Waals surface area contributed by atoms with Gasteiger partial charge in [-0.3, -0.25) is 0 Å². The average molecular weight is 337 g/mol. The van der Waals surface area contributed by atoms with E-state index in [1.54, 1.807) is 20.4 Å². The van der Waals surface area contributed by atoms with Crippen molar-refractivity contribution in [2.24, 2.45) is 0 Å². The summed E-state index contributed by atoms with van der Waals surface area (Å²) in [6.07, 6.45) is 1.76. The zero-order chi connectivity index (χ0) is 14.5. The molecule has 0 bridgehead atoms. The molecule has 0 radical (unpaired) electrons. The van der Waals surface area contributed by atoms with Gasteiger partial charge in [-0.1, -0.05) is 6.07 Å². The minimum Gasteiger partial charge on any atom is -0.496 e. The van der Waals surface area contributed by atoms with Gasteiger partial charge < -0.3 is 14.8 Å². The van der Waals surface area contributed by atoms with Gasteiger partial charge >= 0.3 is 0 Å². The van der Waals surface area contributed by atoms with Crippen molar-refractivity contribution in [1.82, 2.24) is 4.98 Å². The van der Waals surface area contributed by atoms with Gasteiger partial charge in [0.15, 0.2) is 0 Å². The molecule has 0 spiro atoms. The maximum absolute atomic E-state index is 5.23. The summed E-state index contributed by atoms with van der Waals surface area (Å²) >= 11 is 3.50. The van der Waals surface area contributed by atoms with E-state index in [0.717, 1.165) is 21.5 Å². The van der Waals surface area contributed by atoms with Gasteiger partial charge in [0, 0.05) is 12.1 Å². The zero-order valence-corrected chi connectivity index (χ0v) is 13.3. The van der Waals surface area contributed by atoms with Crippen LogP contribution in [0.3, 0.4) is 0 Å². The molecule has 0 saturated heterocycles. The second-order valence-corrected chi connectivity index (χ2v) is 5.20. The van der Waals surface area contributed by atoms with E-state index in [4.69, 9.17) is 9.47 Å². The molecule has 2 rings (SSSR count). The van der Waals surface area contributed by atoms with Crippen LogP contribution in [-0.4, -0.2) is 19.2 Å². The second-order valence-electron chi connectivity index (χ2n) is 4.35. The minimum absolute atomic E-state index is 0.160. The van der Waals surface area contributed by atoms with Gasteiger partial charge in [0.2, 0.25) is 5.88 Å². The summed E-state index contributed by atoms with van der Waals surface area (Å²) in [7, 11) is 3.26. The molecule has 0 aliphatic rings. The lowest BCUT2D eigenvalue weighted by Crippen LogP contribution is -2.07. The van der Waals surface area contributed by atoms with E-state index in [1.807, 2.05) is 30.3 Å². The van der Waals surface area contributed by atoms with E-state index < -0.39 is 0 Å². The minimum atomic E-state index is 0.160. The number of nitrogens with zero attached hydrogens (tertiary/aromatic N) is 1. The number of anilines is 1. The standard InChI is InChI=1S/C15H17BrN2O2/c1-10(11-4-6-14(19-2)13(16)8-11)18-12-5-7-15(20-3)17-9-12/h4-10,18H,1-3H3. The maximum Gasteiger partial charge on any atom is 0.213 e. The molecule has 106 valence electrons. The lowest BCUT2D eigenvalue weighted by atomic mass is 10.1. The Kier molecular flexibility index (Phi) is 4.84. The Balaban J connectivity index is 2.10. The Morgan fingerprint density at radius 3 is 2.50 bits per heavy atom. The first-order valence-electron chi connectivity index (χ1n) is 6.24. The number of hydrogen-bond acceptors (Lipinski definition) is 4. The molecule has 0 aliphatic carbocycles. The third-order valence-electron chi connectivity index (χ3n) is 3.00. The van der Waals surface area contributed by atoms with Crippen LogP contribution in [0.25, 0.3) is 0 Å². The van der Waals surface area contributed by atoms with Crippen LogP contribution >= 0.6 is 15.9 Å². The summed E-state index contributed by atoms with van der Waals surface area (Å²) in [5, 5.41) is 3.39. The van der Waals surface area contributed by atoms with Crippen molar-refractivity contribution in [3.63, 3.8) is 0 Å². The third-order valence-corrected chi connectivity index (χ3v) is 3.62. The molecule has 1 N–H and O–H groups in total. The fourth-order valence-corrected chi connectivity index (χ4v) is 2.43. The molecule has 1 aromatic carbocycles. The van der Waals surface area contributed by atoms with E-state index in [-0.39, 0.29) is 6.04 Å². The van der Waals surface area contributed by atoms with Gasteiger partial charge in [0.05, 0.1) is 30.6 Å². The molecule has 2 aromatic rings. The molecule has 1 heterocycles. The number of methoxy groups -OCH3 is 2. The van der Waals surface area contributed by atoms with Gasteiger partial charge in [-0.25, -0.2) is 4.98 Å². The Morgan fingerprint density at radius 2 is 1.95 bits per heavy atom. The summed E-state index contributed by atoms with van der Waals surface area (Å²) in [6.45, 7) is 2.10. The molecule has 4 nitrogen and oxygen atoms in total. The van der Waals surface area contributed by atoms with Crippen LogP contribution in [0.15, 0.2) is 41.0 Å². The fourth-order valence-electron chi connectivity index (χ4n) is 1.87. The Bertz CT molecular complexity index is 573. The maximum atomic E-state index is 5.23. The topological polar surface area (TPSA) is 43.4 Å². The summed E-state index contributed by atoms with van der Waals surface area (Å²) in [4.78, 5) is 4.17. The van der Waals surface area contributed by atoms with Crippen molar-refractivity contribution < 1.29 is 9.47 Å². The van der Waals surface area contributed by atoms with E-state index in [1.165, 1.54) is 0 Å². The van der Waals surface area contributed by atoms with Crippen molar-refractivity contribution in [3.8, 4) is 11.6 Å². The number of hydrogen-bond donors (Lipinski definition) is 1.